The number of carbonyl (C=O) groups excluding carboxylic acids is 1. The lowest BCUT2D eigenvalue weighted by molar-refractivity contribution is -0.127. The molecule has 2 aromatic rings. The Hall–Kier alpha value is -2.34. The van der Waals surface area contributed by atoms with Crippen LogP contribution in [0.4, 0.5) is 10.1 Å². The highest BCUT2D eigenvalue weighted by Crippen LogP contribution is 2.25. The van der Waals surface area contributed by atoms with E-state index in [0.717, 1.165) is 17.3 Å². The molecule has 0 aliphatic rings. The smallest absolute Gasteiger partial charge is 0.260 e. The molecule has 2 rings (SSSR count). The molecule has 0 spiro atoms. The van der Waals surface area contributed by atoms with Crippen LogP contribution in [0.15, 0.2) is 36.7 Å². The lowest BCUT2D eigenvalue weighted by Crippen LogP contribution is -2.38. The zero-order chi connectivity index (χ0) is 17.5. The van der Waals surface area contributed by atoms with E-state index in [0.29, 0.717) is 13.1 Å². The van der Waals surface area contributed by atoms with Gasteiger partial charge >= 0.3 is 0 Å². The fourth-order valence-corrected chi connectivity index (χ4v) is 2.22. The first-order valence-electron chi connectivity index (χ1n) is 7.51. The molecule has 0 aliphatic heterocycles. The van der Waals surface area contributed by atoms with E-state index in [2.05, 4.69) is 15.6 Å². The van der Waals surface area contributed by atoms with Gasteiger partial charge in [0.15, 0.2) is 6.10 Å². The van der Waals surface area contributed by atoms with Gasteiger partial charge in [0.05, 0.1) is 5.02 Å². The summed E-state index contributed by atoms with van der Waals surface area (Å²) in [5.41, 5.74) is 2.01. The molecule has 7 heteroatoms. The molecule has 0 saturated carbocycles. The second-order valence-corrected chi connectivity index (χ2v) is 5.65. The summed E-state index contributed by atoms with van der Waals surface area (Å²) in [7, 11) is 0. The molecule has 1 atom stereocenters. The van der Waals surface area contributed by atoms with E-state index in [4.69, 9.17) is 16.3 Å². The number of aryl methyl sites for hydroxylation is 1. The Morgan fingerprint density at radius 3 is 2.88 bits per heavy atom. The minimum Gasteiger partial charge on any atom is -0.479 e. The second-order valence-electron chi connectivity index (χ2n) is 5.24. The third-order valence-electron chi connectivity index (χ3n) is 3.33. The van der Waals surface area contributed by atoms with Crippen molar-refractivity contribution in [2.24, 2.45) is 0 Å². The predicted molar refractivity (Wildman–Crippen MR) is 92.0 cm³/mol. The average molecular weight is 352 g/mol. The highest BCUT2D eigenvalue weighted by Gasteiger charge is 2.15. The molecule has 0 saturated heterocycles. The van der Waals surface area contributed by atoms with Crippen molar-refractivity contribution in [1.82, 2.24) is 10.3 Å². The minimum atomic E-state index is -0.740. The first-order valence-corrected chi connectivity index (χ1v) is 7.89. The van der Waals surface area contributed by atoms with Gasteiger partial charge in [-0.2, -0.15) is 0 Å². The Morgan fingerprint density at radius 1 is 1.38 bits per heavy atom. The Morgan fingerprint density at radius 2 is 2.17 bits per heavy atom. The number of hydrogen-bond acceptors (Lipinski definition) is 4. The lowest BCUT2D eigenvalue weighted by atomic mass is 10.2. The molecule has 0 fully saturated rings. The van der Waals surface area contributed by atoms with Crippen molar-refractivity contribution < 1.29 is 13.9 Å². The maximum absolute atomic E-state index is 13.0. The molecule has 1 amide bonds. The molecule has 1 heterocycles. The summed E-state index contributed by atoms with van der Waals surface area (Å²) in [5.74, 6) is -0.461. The number of aromatic nitrogens is 1. The number of nitrogens with zero attached hydrogens (tertiary/aromatic N) is 1. The first kappa shape index (κ1) is 18.0. The van der Waals surface area contributed by atoms with Crippen LogP contribution in [0.2, 0.25) is 5.02 Å². The van der Waals surface area contributed by atoms with Gasteiger partial charge in [0.25, 0.3) is 5.91 Å². The number of nitrogens with one attached hydrogen (secondary N) is 2. The van der Waals surface area contributed by atoms with Crippen LogP contribution in [-0.2, 0) is 4.79 Å². The summed E-state index contributed by atoms with van der Waals surface area (Å²) in [6.07, 6.45) is 2.73. The topological polar surface area (TPSA) is 63.2 Å². The van der Waals surface area contributed by atoms with Gasteiger partial charge in [0, 0.05) is 31.2 Å². The predicted octanol–water partition coefficient (Wildman–Crippen LogP) is 3.18. The molecule has 2 N–H and O–H groups in total. The Bertz CT molecular complexity index is 712. The second kappa shape index (κ2) is 8.49. The molecule has 0 radical (unpaired) electrons. The van der Waals surface area contributed by atoms with E-state index in [1.807, 2.05) is 13.0 Å². The van der Waals surface area contributed by atoms with Gasteiger partial charge in [-0.1, -0.05) is 11.6 Å². The van der Waals surface area contributed by atoms with Crippen molar-refractivity contribution in [3.05, 3.63) is 53.1 Å². The highest BCUT2D eigenvalue weighted by atomic mass is 35.5. The highest BCUT2D eigenvalue weighted by molar-refractivity contribution is 6.32. The molecule has 0 aliphatic carbocycles. The molecule has 1 aromatic heterocycles. The van der Waals surface area contributed by atoms with E-state index < -0.39 is 11.9 Å². The summed E-state index contributed by atoms with van der Waals surface area (Å²) in [6, 6.07) is 5.64. The SMILES string of the molecule is Cc1cnccc1NCCNC(=O)[C@H](C)Oc1ccc(F)cc1Cl. The van der Waals surface area contributed by atoms with Crippen molar-refractivity contribution in [2.75, 3.05) is 18.4 Å². The van der Waals surface area contributed by atoms with Gasteiger partial charge in [0.2, 0.25) is 0 Å². The van der Waals surface area contributed by atoms with Crippen LogP contribution in [0.5, 0.6) is 5.75 Å². The van der Waals surface area contributed by atoms with Crippen LogP contribution in [-0.4, -0.2) is 30.1 Å². The number of anilines is 1. The monoisotopic (exact) mass is 351 g/mol. The van der Waals surface area contributed by atoms with E-state index in [1.165, 1.54) is 12.1 Å². The number of hydrogen-bond donors (Lipinski definition) is 2. The van der Waals surface area contributed by atoms with Gasteiger partial charge in [-0.05, 0) is 43.7 Å². The standard InChI is InChI=1S/C17H19ClFN3O2/c1-11-10-20-6-5-15(11)21-7-8-22-17(23)12(2)24-16-4-3-13(19)9-14(16)18/h3-6,9-10,12H,7-8H2,1-2H3,(H,20,21)(H,22,23)/t12-/m0/s1. The number of amides is 1. The molecular formula is C17H19ClFN3O2. The number of ether oxygens (including phenoxy) is 1. The fourth-order valence-electron chi connectivity index (χ4n) is 2.01. The maximum Gasteiger partial charge on any atom is 0.260 e. The summed E-state index contributed by atoms with van der Waals surface area (Å²) in [5, 5.41) is 6.11. The van der Waals surface area contributed by atoms with Crippen molar-refractivity contribution in [1.29, 1.82) is 0 Å². The third-order valence-corrected chi connectivity index (χ3v) is 3.62. The van der Waals surface area contributed by atoms with Gasteiger partial charge in [-0.25, -0.2) is 4.39 Å². The van der Waals surface area contributed by atoms with E-state index in [-0.39, 0.29) is 16.7 Å². The molecule has 24 heavy (non-hydrogen) atoms. The van der Waals surface area contributed by atoms with Gasteiger partial charge in [-0.15, -0.1) is 0 Å². The third kappa shape index (κ3) is 5.09. The number of carbonyl (C=O) groups is 1. The van der Waals surface area contributed by atoms with Crippen molar-refractivity contribution in [2.45, 2.75) is 20.0 Å². The molecule has 0 bridgehead atoms. The molecular weight excluding hydrogens is 333 g/mol. The summed E-state index contributed by atoms with van der Waals surface area (Å²) in [6.45, 7) is 4.57. The van der Waals surface area contributed by atoms with Crippen LogP contribution in [0.3, 0.4) is 0 Å². The van der Waals surface area contributed by atoms with Gasteiger partial charge in [-0.3, -0.25) is 9.78 Å². The maximum atomic E-state index is 13.0. The van der Waals surface area contributed by atoms with Crippen molar-refractivity contribution in [3.63, 3.8) is 0 Å². The van der Waals surface area contributed by atoms with E-state index in [9.17, 15) is 9.18 Å². The summed E-state index contributed by atoms with van der Waals surface area (Å²) < 4.78 is 18.4. The lowest BCUT2D eigenvalue weighted by Gasteiger charge is -2.16. The van der Waals surface area contributed by atoms with Crippen LogP contribution in [0.1, 0.15) is 12.5 Å². The van der Waals surface area contributed by atoms with Gasteiger partial charge < -0.3 is 15.4 Å². The largest absolute Gasteiger partial charge is 0.479 e. The van der Waals surface area contributed by atoms with Crippen LogP contribution < -0.4 is 15.4 Å². The fraction of sp³-hybridized carbons (Fsp3) is 0.294. The molecule has 5 nitrogen and oxygen atoms in total. The van der Waals surface area contributed by atoms with Crippen molar-refractivity contribution >= 4 is 23.2 Å². The normalized spacial score (nSPS) is 11.7. The minimum absolute atomic E-state index is 0.129. The Balaban J connectivity index is 1.76. The number of pyridine rings is 1. The Labute approximate surface area is 145 Å². The zero-order valence-electron chi connectivity index (χ0n) is 13.5. The average Bonchev–Trinajstić information content (AvgIpc) is 2.55. The molecule has 0 unspecified atom stereocenters. The summed E-state index contributed by atoms with van der Waals surface area (Å²) in [4.78, 5) is 16.0. The number of benzene rings is 1. The number of rotatable bonds is 7. The number of halogens is 2. The first-order chi connectivity index (χ1) is 11.5. The van der Waals surface area contributed by atoms with Crippen molar-refractivity contribution in [3.8, 4) is 5.75 Å². The van der Waals surface area contributed by atoms with Gasteiger partial charge in [0.1, 0.15) is 11.6 Å². The summed E-state index contributed by atoms with van der Waals surface area (Å²) >= 11 is 5.88. The van der Waals surface area contributed by atoms with Crippen LogP contribution in [0.25, 0.3) is 0 Å². The molecule has 128 valence electrons. The zero-order valence-corrected chi connectivity index (χ0v) is 14.2. The van der Waals surface area contributed by atoms with Crippen LogP contribution in [0, 0.1) is 12.7 Å². The quantitative estimate of drug-likeness (QED) is 0.752. The van der Waals surface area contributed by atoms with Crippen LogP contribution >= 0.6 is 11.6 Å². The van der Waals surface area contributed by atoms with E-state index in [1.54, 1.807) is 19.3 Å². The molecule has 1 aromatic carbocycles. The Kier molecular flexibility index (Phi) is 6.37. The van der Waals surface area contributed by atoms with E-state index >= 15 is 0 Å².